The third-order valence-electron chi connectivity index (χ3n) is 1.82. The molecule has 1 aromatic heterocycles. The average molecular weight is 292 g/mol. The summed E-state index contributed by atoms with van der Waals surface area (Å²) in [6, 6.07) is 5.85. The minimum atomic E-state index is 0.658. The van der Waals surface area contributed by atoms with Crippen LogP contribution in [0.4, 0.5) is 0 Å². The van der Waals surface area contributed by atoms with Crippen LogP contribution >= 0.6 is 38.9 Å². The van der Waals surface area contributed by atoms with Gasteiger partial charge in [0.15, 0.2) is 0 Å². The predicted octanol–water partition coefficient (Wildman–Crippen LogP) is 4.72. The van der Waals surface area contributed by atoms with Crippen LogP contribution in [-0.2, 0) is 0 Å². The van der Waals surface area contributed by atoms with E-state index in [9.17, 15) is 0 Å². The monoisotopic (exact) mass is 290 g/mol. The molecule has 0 atom stereocenters. The largest absolute Gasteiger partial charge is 0.492 e. The second kappa shape index (κ2) is 4.09. The first-order valence-electron chi connectivity index (χ1n) is 4.22. The van der Waals surface area contributed by atoms with Gasteiger partial charge in [0.1, 0.15) is 5.75 Å². The fourth-order valence-electron chi connectivity index (χ4n) is 1.32. The lowest BCUT2D eigenvalue weighted by Gasteiger charge is -2.04. The molecule has 2 rings (SSSR count). The van der Waals surface area contributed by atoms with E-state index in [1.54, 1.807) is 11.3 Å². The van der Waals surface area contributed by atoms with Crippen molar-refractivity contribution in [2.24, 2.45) is 0 Å². The lowest BCUT2D eigenvalue weighted by atomic mass is 10.2. The Balaban J connectivity index is 2.66. The van der Waals surface area contributed by atoms with Crippen LogP contribution in [0, 0.1) is 0 Å². The van der Waals surface area contributed by atoms with Gasteiger partial charge in [-0.3, -0.25) is 0 Å². The van der Waals surface area contributed by atoms with E-state index in [0.29, 0.717) is 11.6 Å². The number of hydrogen-bond acceptors (Lipinski definition) is 2. The highest BCUT2D eigenvalue weighted by Crippen LogP contribution is 2.38. The van der Waals surface area contributed by atoms with E-state index in [-0.39, 0.29) is 0 Å². The van der Waals surface area contributed by atoms with Crippen molar-refractivity contribution in [1.82, 2.24) is 0 Å². The van der Waals surface area contributed by atoms with Crippen LogP contribution in [-0.4, -0.2) is 6.61 Å². The highest BCUT2D eigenvalue weighted by atomic mass is 79.9. The maximum Gasteiger partial charge on any atom is 0.138 e. The molecule has 0 aliphatic carbocycles. The molecule has 0 saturated heterocycles. The van der Waals surface area contributed by atoms with Crippen LogP contribution in [0.15, 0.2) is 22.0 Å². The summed E-state index contributed by atoms with van der Waals surface area (Å²) >= 11 is 11.1. The molecule has 0 N–H and O–H groups in total. The maximum atomic E-state index is 5.98. The molecule has 0 spiro atoms. The normalized spacial score (nSPS) is 10.8. The van der Waals surface area contributed by atoms with Crippen molar-refractivity contribution in [2.75, 3.05) is 6.61 Å². The number of rotatable bonds is 2. The molecule has 4 heteroatoms. The van der Waals surface area contributed by atoms with E-state index in [4.69, 9.17) is 16.3 Å². The van der Waals surface area contributed by atoms with Crippen LogP contribution < -0.4 is 4.74 Å². The molecule has 0 aliphatic heterocycles. The Hall–Kier alpha value is -0.250. The zero-order valence-corrected chi connectivity index (χ0v) is 10.7. The van der Waals surface area contributed by atoms with E-state index >= 15 is 0 Å². The van der Waals surface area contributed by atoms with Crippen molar-refractivity contribution < 1.29 is 4.74 Å². The van der Waals surface area contributed by atoms with E-state index in [2.05, 4.69) is 22.0 Å². The Morgan fingerprint density at radius 2 is 2.21 bits per heavy atom. The summed E-state index contributed by atoms with van der Waals surface area (Å²) in [5.74, 6) is 0.866. The number of hydrogen-bond donors (Lipinski definition) is 0. The predicted molar refractivity (Wildman–Crippen MR) is 65.7 cm³/mol. The topological polar surface area (TPSA) is 9.23 Å². The Morgan fingerprint density at radius 1 is 1.43 bits per heavy atom. The second-order valence-electron chi connectivity index (χ2n) is 2.81. The SMILES string of the molecule is CCOc1cc(Cl)cc2cc(Br)sc12. The molecule has 0 amide bonds. The summed E-state index contributed by atoms with van der Waals surface area (Å²) in [6.07, 6.45) is 0. The van der Waals surface area contributed by atoms with Crippen molar-refractivity contribution in [3.8, 4) is 5.75 Å². The Labute approximate surface area is 99.8 Å². The molecular weight excluding hydrogens is 284 g/mol. The van der Waals surface area contributed by atoms with Crippen molar-refractivity contribution in [1.29, 1.82) is 0 Å². The molecule has 1 nitrogen and oxygen atoms in total. The van der Waals surface area contributed by atoms with E-state index in [0.717, 1.165) is 19.6 Å². The first kappa shape index (κ1) is 10.3. The minimum absolute atomic E-state index is 0.658. The van der Waals surface area contributed by atoms with Crippen molar-refractivity contribution in [3.05, 3.63) is 27.0 Å². The second-order valence-corrected chi connectivity index (χ2v) is 5.67. The summed E-state index contributed by atoms with van der Waals surface area (Å²) < 4.78 is 7.75. The van der Waals surface area contributed by atoms with Gasteiger partial charge in [0, 0.05) is 11.1 Å². The van der Waals surface area contributed by atoms with Crippen molar-refractivity contribution in [3.63, 3.8) is 0 Å². The number of ether oxygens (including phenoxy) is 1. The van der Waals surface area contributed by atoms with Crippen molar-refractivity contribution in [2.45, 2.75) is 6.92 Å². The number of halogens is 2. The molecule has 0 radical (unpaired) electrons. The highest BCUT2D eigenvalue weighted by molar-refractivity contribution is 9.11. The first-order chi connectivity index (χ1) is 6.70. The summed E-state index contributed by atoms with van der Waals surface area (Å²) in [6.45, 7) is 2.63. The van der Waals surface area contributed by atoms with Gasteiger partial charge in [-0.25, -0.2) is 0 Å². The zero-order chi connectivity index (χ0) is 10.1. The third-order valence-corrected chi connectivity index (χ3v) is 3.70. The molecule has 0 unspecified atom stereocenters. The molecule has 1 heterocycles. The highest BCUT2D eigenvalue weighted by Gasteiger charge is 2.07. The maximum absolute atomic E-state index is 5.98. The lowest BCUT2D eigenvalue weighted by Crippen LogP contribution is -1.90. The molecule has 0 fully saturated rings. The van der Waals surface area contributed by atoms with Gasteiger partial charge >= 0.3 is 0 Å². The van der Waals surface area contributed by atoms with Crippen LogP contribution in [0.1, 0.15) is 6.92 Å². The summed E-state index contributed by atoms with van der Waals surface area (Å²) in [5, 5.41) is 1.84. The van der Waals surface area contributed by atoms with Crippen molar-refractivity contribution >= 4 is 49.0 Å². The fourth-order valence-corrected chi connectivity index (χ4v) is 3.10. The Kier molecular flexibility index (Phi) is 3.00. The fraction of sp³-hybridized carbons (Fsp3) is 0.200. The Bertz CT molecular complexity index is 466. The molecular formula is C10H8BrClOS. The van der Waals surface area contributed by atoms with E-state index in [1.165, 1.54) is 0 Å². The van der Waals surface area contributed by atoms with Gasteiger partial charge in [0.25, 0.3) is 0 Å². The first-order valence-corrected chi connectivity index (χ1v) is 6.21. The van der Waals surface area contributed by atoms with Gasteiger partial charge in [-0.2, -0.15) is 0 Å². The van der Waals surface area contributed by atoms with Gasteiger partial charge in [-0.05, 0) is 40.4 Å². The van der Waals surface area contributed by atoms with Gasteiger partial charge in [0.05, 0.1) is 15.1 Å². The minimum Gasteiger partial charge on any atom is -0.492 e. The summed E-state index contributed by atoms with van der Waals surface area (Å²) in [7, 11) is 0. The standard InChI is InChI=1S/C10H8BrClOS/c1-2-13-8-5-7(12)3-6-4-9(11)14-10(6)8/h3-5H,2H2,1H3. The van der Waals surface area contributed by atoms with Gasteiger partial charge in [-0.1, -0.05) is 11.6 Å². The smallest absolute Gasteiger partial charge is 0.138 e. The molecule has 0 aliphatic rings. The molecule has 2 aromatic rings. The van der Waals surface area contributed by atoms with Gasteiger partial charge in [-0.15, -0.1) is 11.3 Å². The molecule has 14 heavy (non-hydrogen) atoms. The molecule has 0 saturated carbocycles. The van der Waals surface area contributed by atoms with Gasteiger partial charge in [0.2, 0.25) is 0 Å². The number of fused-ring (bicyclic) bond motifs is 1. The summed E-state index contributed by atoms with van der Waals surface area (Å²) in [4.78, 5) is 0. The number of benzene rings is 1. The van der Waals surface area contributed by atoms with Gasteiger partial charge < -0.3 is 4.74 Å². The van der Waals surface area contributed by atoms with Crippen LogP contribution in [0.2, 0.25) is 5.02 Å². The van der Waals surface area contributed by atoms with Crippen LogP contribution in [0.5, 0.6) is 5.75 Å². The van der Waals surface area contributed by atoms with E-state index in [1.807, 2.05) is 19.1 Å². The third kappa shape index (κ3) is 1.90. The number of thiophene rings is 1. The van der Waals surface area contributed by atoms with Crippen LogP contribution in [0.3, 0.4) is 0 Å². The quantitative estimate of drug-likeness (QED) is 0.778. The zero-order valence-electron chi connectivity index (χ0n) is 7.51. The molecule has 74 valence electrons. The Morgan fingerprint density at radius 3 is 2.93 bits per heavy atom. The molecule has 0 bridgehead atoms. The van der Waals surface area contributed by atoms with E-state index < -0.39 is 0 Å². The molecule has 1 aromatic carbocycles. The average Bonchev–Trinajstić information content (AvgIpc) is 2.45. The lowest BCUT2D eigenvalue weighted by molar-refractivity contribution is 0.345. The summed E-state index contributed by atoms with van der Waals surface area (Å²) in [5.41, 5.74) is 0. The van der Waals surface area contributed by atoms with Crippen LogP contribution in [0.25, 0.3) is 10.1 Å².